The zero-order valence-corrected chi connectivity index (χ0v) is 11.8. The van der Waals surface area contributed by atoms with E-state index in [0.29, 0.717) is 0 Å². The normalized spacial score (nSPS) is 10.4. The lowest BCUT2D eigenvalue weighted by molar-refractivity contribution is -0.383. The molecule has 0 aliphatic carbocycles. The van der Waals surface area contributed by atoms with Gasteiger partial charge in [0.05, 0.1) is 4.92 Å². The summed E-state index contributed by atoms with van der Waals surface area (Å²) in [5, 5.41) is 10.7. The molecule has 2 aromatic rings. The molecule has 0 heterocycles. The van der Waals surface area contributed by atoms with Gasteiger partial charge in [0.15, 0.2) is 0 Å². The minimum atomic E-state index is -0.459. The molecule has 0 fully saturated rings. The molecule has 0 aromatic heterocycles. The summed E-state index contributed by atoms with van der Waals surface area (Å²) in [6.07, 6.45) is 2.10. The van der Waals surface area contributed by atoms with E-state index in [1.165, 1.54) is 11.6 Å². The molecule has 4 nitrogen and oxygen atoms in total. The van der Waals surface area contributed by atoms with Crippen molar-refractivity contribution in [3.8, 4) is 0 Å². The van der Waals surface area contributed by atoms with Crippen LogP contribution in [0.3, 0.4) is 0 Å². The van der Waals surface area contributed by atoms with E-state index in [9.17, 15) is 10.1 Å². The summed E-state index contributed by atoms with van der Waals surface area (Å²) in [5.74, 6) is 0.964. The summed E-state index contributed by atoms with van der Waals surface area (Å²) in [6, 6.07) is 15.2. The highest BCUT2D eigenvalue weighted by atomic mass is 32.2. The molecule has 0 bridgehead atoms. The molecule has 0 unspecified atom stereocenters. The Morgan fingerprint density at radius 2 is 1.90 bits per heavy atom. The summed E-state index contributed by atoms with van der Waals surface area (Å²) >= 11 is 1.67. The number of nitrogens with two attached hydrogens (primary N) is 1. The van der Waals surface area contributed by atoms with Gasteiger partial charge in [0.1, 0.15) is 5.69 Å². The molecule has 20 heavy (non-hydrogen) atoms. The van der Waals surface area contributed by atoms with Gasteiger partial charge in [0.25, 0.3) is 5.69 Å². The maximum Gasteiger partial charge on any atom is 0.292 e. The molecule has 5 heteroatoms. The van der Waals surface area contributed by atoms with Gasteiger partial charge in [-0.05, 0) is 36.3 Å². The van der Waals surface area contributed by atoms with E-state index in [-0.39, 0.29) is 11.4 Å². The molecule has 0 spiro atoms. The molecule has 0 aliphatic heterocycles. The average Bonchev–Trinajstić information content (AvgIpc) is 2.44. The number of hydrogen-bond donors (Lipinski definition) is 1. The molecule has 0 saturated carbocycles. The highest BCUT2D eigenvalue weighted by molar-refractivity contribution is 7.99. The second-order valence-corrected chi connectivity index (χ2v) is 5.58. The lowest BCUT2D eigenvalue weighted by atomic mass is 10.1. The van der Waals surface area contributed by atoms with Crippen molar-refractivity contribution in [2.75, 3.05) is 11.5 Å². The van der Waals surface area contributed by atoms with Crippen LogP contribution >= 0.6 is 11.8 Å². The first-order valence-electron chi connectivity index (χ1n) is 6.37. The number of rotatable bonds is 6. The number of thioether (sulfide) groups is 1. The smallest absolute Gasteiger partial charge is 0.292 e. The molecule has 0 amide bonds. The third-order valence-electron chi connectivity index (χ3n) is 2.92. The van der Waals surface area contributed by atoms with E-state index in [2.05, 4.69) is 12.1 Å². The maximum absolute atomic E-state index is 10.7. The highest BCUT2D eigenvalue weighted by Crippen LogP contribution is 2.28. The van der Waals surface area contributed by atoms with E-state index in [1.54, 1.807) is 23.9 Å². The Morgan fingerprint density at radius 1 is 1.15 bits per heavy atom. The van der Waals surface area contributed by atoms with E-state index < -0.39 is 4.92 Å². The number of nitro groups is 1. The van der Waals surface area contributed by atoms with Crippen molar-refractivity contribution >= 4 is 23.1 Å². The number of hydrogen-bond acceptors (Lipinski definition) is 4. The number of anilines is 1. The second kappa shape index (κ2) is 6.96. The Hall–Kier alpha value is -2.01. The van der Waals surface area contributed by atoms with Gasteiger partial charge in [-0.3, -0.25) is 10.1 Å². The Balaban J connectivity index is 1.83. The first-order valence-corrected chi connectivity index (χ1v) is 7.36. The fraction of sp³-hybridized carbons (Fsp3) is 0.200. The SMILES string of the molecule is Nc1cc(SCCCc2ccccc2)ccc1[N+](=O)[O-]. The van der Waals surface area contributed by atoms with Crippen molar-refractivity contribution in [3.63, 3.8) is 0 Å². The van der Waals surface area contributed by atoms with Gasteiger partial charge in [-0.25, -0.2) is 0 Å². The van der Waals surface area contributed by atoms with Gasteiger partial charge in [-0.15, -0.1) is 11.8 Å². The fourth-order valence-corrected chi connectivity index (χ4v) is 2.80. The Kier molecular flexibility index (Phi) is 5.01. The molecular weight excluding hydrogens is 272 g/mol. The maximum atomic E-state index is 10.7. The summed E-state index contributed by atoms with van der Waals surface area (Å²) in [6.45, 7) is 0. The van der Waals surface area contributed by atoms with Crippen molar-refractivity contribution in [3.05, 3.63) is 64.2 Å². The summed E-state index contributed by atoms with van der Waals surface area (Å²) in [7, 11) is 0. The third kappa shape index (κ3) is 3.99. The Bertz CT molecular complexity index is 588. The first kappa shape index (κ1) is 14.4. The van der Waals surface area contributed by atoms with Crippen LogP contribution in [0.15, 0.2) is 53.4 Å². The van der Waals surface area contributed by atoms with Crippen molar-refractivity contribution in [2.45, 2.75) is 17.7 Å². The lowest BCUT2D eigenvalue weighted by Gasteiger charge is -2.04. The van der Waals surface area contributed by atoms with Gasteiger partial charge in [0.2, 0.25) is 0 Å². The van der Waals surface area contributed by atoms with E-state index in [4.69, 9.17) is 5.73 Å². The summed E-state index contributed by atoms with van der Waals surface area (Å²) in [5.41, 5.74) is 7.19. The van der Waals surface area contributed by atoms with Crippen molar-refractivity contribution in [1.29, 1.82) is 0 Å². The van der Waals surface area contributed by atoms with Crippen LogP contribution in [0.25, 0.3) is 0 Å². The average molecular weight is 288 g/mol. The lowest BCUT2D eigenvalue weighted by Crippen LogP contribution is -1.95. The molecular formula is C15H16N2O2S. The Morgan fingerprint density at radius 3 is 2.55 bits per heavy atom. The summed E-state index contributed by atoms with van der Waals surface area (Å²) in [4.78, 5) is 11.2. The fourth-order valence-electron chi connectivity index (χ4n) is 1.90. The summed E-state index contributed by atoms with van der Waals surface area (Å²) < 4.78 is 0. The minimum Gasteiger partial charge on any atom is -0.393 e. The van der Waals surface area contributed by atoms with Crippen LogP contribution in [0, 0.1) is 10.1 Å². The van der Waals surface area contributed by atoms with Crippen LogP contribution in [0.1, 0.15) is 12.0 Å². The first-order chi connectivity index (χ1) is 9.66. The number of nitrogens with zero attached hydrogens (tertiary/aromatic N) is 1. The van der Waals surface area contributed by atoms with Gasteiger partial charge < -0.3 is 5.73 Å². The molecule has 0 atom stereocenters. The predicted octanol–water partition coefficient (Wildman–Crippen LogP) is 3.90. The quantitative estimate of drug-likeness (QED) is 0.288. The van der Waals surface area contributed by atoms with E-state index >= 15 is 0 Å². The van der Waals surface area contributed by atoms with Crippen LogP contribution < -0.4 is 5.73 Å². The molecule has 0 radical (unpaired) electrons. The van der Waals surface area contributed by atoms with Crippen molar-refractivity contribution in [1.82, 2.24) is 0 Å². The van der Waals surface area contributed by atoms with Gasteiger partial charge in [-0.2, -0.15) is 0 Å². The second-order valence-electron chi connectivity index (χ2n) is 4.42. The molecule has 0 aliphatic rings. The molecule has 2 aromatic carbocycles. The number of benzene rings is 2. The number of nitro benzene ring substituents is 1. The molecule has 2 N–H and O–H groups in total. The van der Waals surface area contributed by atoms with Gasteiger partial charge in [-0.1, -0.05) is 30.3 Å². The third-order valence-corrected chi connectivity index (χ3v) is 4.00. The van der Waals surface area contributed by atoms with E-state index in [0.717, 1.165) is 23.5 Å². The topological polar surface area (TPSA) is 69.2 Å². The molecule has 104 valence electrons. The minimum absolute atomic E-state index is 0.0290. The van der Waals surface area contributed by atoms with Gasteiger partial charge in [0, 0.05) is 11.0 Å². The largest absolute Gasteiger partial charge is 0.393 e. The van der Waals surface area contributed by atoms with Crippen LogP contribution in [0.5, 0.6) is 0 Å². The number of nitrogen functional groups attached to an aromatic ring is 1. The highest BCUT2D eigenvalue weighted by Gasteiger charge is 2.10. The van der Waals surface area contributed by atoms with Gasteiger partial charge >= 0.3 is 0 Å². The standard InChI is InChI=1S/C15H16N2O2S/c16-14-11-13(8-9-15(14)17(18)19)20-10-4-7-12-5-2-1-3-6-12/h1-3,5-6,8-9,11H,4,7,10,16H2. The zero-order valence-electron chi connectivity index (χ0n) is 11.0. The van der Waals surface area contributed by atoms with Crippen LogP contribution in [0.2, 0.25) is 0 Å². The van der Waals surface area contributed by atoms with Crippen molar-refractivity contribution < 1.29 is 4.92 Å². The number of aryl methyl sites for hydroxylation is 1. The molecule has 2 rings (SSSR count). The predicted molar refractivity (Wildman–Crippen MR) is 83.0 cm³/mol. The van der Waals surface area contributed by atoms with E-state index in [1.807, 2.05) is 18.2 Å². The van der Waals surface area contributed by atoms with Crippen LogP contribution in [-0.4, -0.2) is 10.7 Å². The monoisotopic (exact) mass is 288 g/mol. The van der Waals surface area contributed by atoms with Crippen molar-refractivity contribution in [2.24, 2.45) is 0 Å². The van der Waals surface area contributed by atoms with Crippen LogP contribution in [0.4, 0.5) is 11.4 Å². The Labute approximate surface area is 122 Å². The zero-order chi connectivity index (χ0) is 14.4. The molecule has 0 saturated heterocycles. The van der Waals surface area contributed by atoms with Crippen LogP contribution in [-0.2, 0) is 6.42 Å².